The minimum atomic E-state index is -5.82. The fraction of sp³-hybridized carbons (Fsp3) is 0.867. The fourth-order valence-electron chi connectivity index (χ4n) is 3.45. The molecule has 1 fully saturated rings. The van der Waals surface area contributed by atoms with Crippen molar-refractivity contribution in [2.24, 2.45) is 17.8 Å². The summed E-state index contributed by atoms with van der Waals surface area (Å²) in [6.45, 7) is 2.36. The van der Waals surface area contributed by atoms with E-state index < -0.39 is 30.0 Å². The lowest BCUT2D eigenvalue weighted by atomic mass is 9.87. The highest BCUT2D eigenvalue weighted by Gasteiger charge is 2.71. The maximum Gasteiger partial charge on any atom is 0.426 e. The second kappa shape index (κ2) is 5.65. The van der Waals surface area contributed by atoms with Crippen molar-refractivity contribution in [3.63, 3.8) is 0 Å². The average molecular weight is 346 g/mol. The van der Waals surface area contributed by atoms with Gasteiger partial charge in [0.15, 0.2) is 0 Å². The number of rotatable bonds is 5. The van der Waals surface area contributed by atoms with E-state index in [-0.39, 0.29) is 18.4 Å². The SMILES string of the molecule is CC(C)(CC(O)(C(F)(F)F)C(F)(F)F)OCC1CC2C=CC1C2. The number of halogens is 6. The van der Waals surface area contributed by atoms with Crippen molar-refractivity contribution in [2.45, 2.75) is 56.7 Å². The molecule has 0 saturated heterocycles. The van der Waals surface area contributed by atoms with Gasteiger partial charge in [-0.15, -0.1) is 0 Å². The van der Waals surface area contributed by atoms with Crippen LogP contribution >= 0.6 is 0 Å². The number of allylic oxidation sites excluding steroid dienone is 2. The van der Waals surface area contributed by atoms with Crippen molar-refractivity contribution in [1.82, 2.24) is 0 Å². The molecular weight excluding hydrogens is 326 g/mol. The second-order valence-electron chi connectivity index (χ2n) is 7.14. The standard InChI is InChI=1S/C15H20F6O2/c1-12(2,8-13(22,14(16,17)18)15(19,20)21)23-7-11-6-9-3-4-10(11)5-9/h3-4,9-11,22H,5-8H2,1-2H3. The molecule has 2 nitrogen and oxygen atoms in total. The Kier molecular flexibility index (Phi) is 4.56. The zero-order valence-electron chi connectivity index (χ0n) is 12.8. The molecule has 23 heavy (non-hydrogen) atoms. The largest absolute Gasteiger partial charge is 0.426 e. The van der Waals surface area contributed by atoms with Crippen molar-refractivity contribution in [3.05, 3.63) is 12.2 Å². The van der Waals surface area contributed by atoms with Crippen LogP contribution in [0.25, 0.3) is 0 Å². The van der Waals surface area contributed by atoms with E-state index >= 15 is 0 Å². The molecule has 2 aliphatic rings. The highest BCUT2D eigenvalue weighted by molar-refractivity contribution is 5.10. The predicted molar refractivity (Wildman–Crippen MR) is 70.6 cm³/mol. The Bertz CT molecular complexity index is 452. The molecular formula is C15H20F6O2. The molecule has 1 saturated carbocycles. The average Bonchev–Trinajstić information content (AvgIpc) is 2.95. The van der Waals surface area contributed by atoms with E-state index in [0.29, 0.717) is 5.92 Å². The van der Waals surface area contributed by atoms with E-state index in [1.165, 1.54) is 0 Å². The molecule has 2 rings (SSSR count). The molecule has 134 valence electrons. The molecule has 2 bridgehead atoms. The van der Waals surface area contributed by atoms with E-state index in [0.717, 1.165) is 26.7 Å². The molecule has 2 aliphatic carbocycles. The van der Waals surface area contributed by atoms with Crippen LogP contribution in [0, 0.1) is 17.8 Å². The minimum absolute atomic E-state index is 0.0876. The Morgan fingerprint density at radius 3 is 1.96 bits per heavy atom. The van der Waals surface area contributed by atoms with E-state index in [9.17, 15) is 31.4 Å². The number of fused-ring (bicyclic) bond motifs is 2. The van der Waals surface area contributed by atoms with Crippen LogP contribution in [0.15, 0.2) is 12.2 Å². The third kappa shape index (κ3) is 3.68. The van der Waals surface area contributed by atoms with Crippen molar-refractivity contribution in [3.8, 4) is 0 Å². The molecule has 0 aromatic rings. The number of ether oxygens (including phenoxy) is 1. The van der Waals surface area contributed by atoms with Gasteiger partial charge in [0.25, 0.3) is 5.60 Å². The van der Waals surface area contributed by atoms with Gasteiger partial charge in [0.05, 0.1) is 12.2 Å². The summed E-state index contributed by atoms with van der Waals surface area (Å²) in [5.41, 5.74) is -6.54. The summed E-state index contributed by atoms with van der Waals surface area (Å²) in [6, 6.07) is 0. The van der Waals surface area contributed by atoms with Gasteiger partial charge >= 0.3 is 12.4 Å². The number of hydrogen-bond donors (Lipinski definition) is 1. The van der Waals surface area contributed by atoms with Crippen molar-refractivity contribution in [1.29, 1.82) is 0 Å². The molecule has 3 atom stereocenters. The van der Waals surface area contributed by atoms with Crippen LogP contribution in [0.4, 0.5) is 26.3 Å². The van der Waals surface area contributed by atoms with Gasteiger partial charge < -0.3 is 9.84 Å². The van der Waals surface area contributed by atoms with Gasteiger partial charge in [-0.05, 0) is 44.4 Å². The molecule has 0 radical (unpaired) electrons. The molecule has 0 spiro atoms. The van der Waals surface area contributed by atoms with Crippen LogP contribution in [-0.2, 0) is 4.74 Å². The van der Waals surface area contributed by atoms with Gasteiger partial charge in [-0.25, -0.2) is 0 Å². The Labute approximate surface area is 130 Å². The van der Waals surface area contributed by atoms with E-state index in [4.69, 9.17) is 4.74 Å². The first-order valence-electron chi connectivity index (χ1n) is 7.43. The summed E-state index contributed by atoms with van der Waals surface area (Å²) >= 11 is 0. The number of aliphatic hydroxyl groups is 1. The maximum atomic E-state index is 12.8. The zero-order valence-corrected chi connectivity index (χ0v) is 12.8. The topological polar surface area (TPSA) is 29.5 Å². The minimum Gasteiger partial charge on any atom is -0.375 e. The Morgan fingerprint density at radius 2 is 1.57 bits per heavy atom. The summed E-state index contributed by atoms with van der Waals surface area (Å²) in [5, 5.41) is 9.28. The molecule has 0 amide bonds. The smallest absolute Gasteiger partial charge is 0.375 e. The lowest BCUT2D eigenvalue weighted by Gasteiger charge is -2.39. The first kappa shape index (κ1) is 18.6. The van der Waals surface area contributed by atoms with Crippen LogP contribution in [0.1, 0.15) is 33.1 Å². The maximum absolute atomic E-state index is 12.8. The van der Waals surface area contributed by atoms with E-state index in [1.54, 1.807) is 0 Å². The fourth-order valence-corrected chi connectivity index (χ4v) is 3.45. The third-order valence-corrected chi connectivity index (χ3v) is 4.72. The van der Waals surface area contributed by atoms with Crippen LogP contribution < -0.4 is 0 Å². The Morgan fingerprint density at radius 1 is 1.00 bits per heavy atom. The molecule has 0 heterocycles. The number of hydrogen-bond acceptors (Lipinski definition) is 2. The molecule has 3 unspecified atom stereocenters. The van der Waals surface area contributed by atoms with Gasteiger partial charge in [-0.1, -0.05) is 12.2 Å². The number of alkyl halides is 6. The van der Waals surface area contributed by atoms with Crippen molar-refractivity contribution >= 4 is 0 Å². The lowest BCUT2D eigenvalue weighted by Crippen LogP contribution is -2.60. The van der Waals surface area contributed by atoms with Crippen LogP contribution in [0.3, 0.4) is 0 Å². The van der Waals surface area contributed by atoms with Gasteiger partial charge in [0, 0.05) is 6.42 Å². The molecule has 0 aromatic heterocycles. The highest BCUT2D eigenvalue weighted by Crippen LogP contribution is 2.48. The van der Waals surface area contributed by atoms with Gasteiger partial charge in [0.1, 0.15) is 0 Å². The lowest BCUT2D eigenvalue weighted by molar-refractivity contribution is -0.378. The summed E-state index contributed by atoms with van der Waals surface area (Å²) in [7, 11) is 0. The van der Waals surface area contributed by atoms with Gasteiger partial charge in [0.2, 0.25) is 0 Å². The molecule has 8 heteroatoms. The Hall–Kier alpha value is -0.760. The molecule has 0 aromatic carbocycles. The van der Waals surface area contributed by atoms with Gasteiger partial charge in [-0.3, -0.25) is 0 Å². The van der Waals surface area contributed by atoms with Crippen molar-refractivity contribution < 1.29 is 36.2 Å². The first-order chi connectivity index (χ1) is 10.3. The molecule has 0 aliphatic heterocycles. The molecule has 1 N–H and O–H groups in total. The predicted octanol–water partition coefficient (Wildman–Crippen LogP) is 4.24. The van der Waals surface area contributed by atoms with Crippen molar-refractivity contribution in [2.75, 3.05) is 6.61 Å². The van der Waals surface area contributed by atoms with Crippen LogP contribution in [0.5, 0.6) is 0 Å². The first-order valence-corrected chi connectivity index (χ1v) is 7.43. The van der Waals surface area contributed by atoms with Crippen LogP contribution in [-0.4, -0.2) is 35.3 Å². The normalized spacial score (nSPS) is 28.7. The second-order valence-corrected chi connectivity index (χ2v) is 7.14. The summed E-state index contributed by atoms with van der Waals surface area (Å²) in [4.78, 5) is 0. The van der Waals surface area contributed by atoms with Gasteiger partial charge in [-0.2, -0.15) is 26.3 Å². The van der Waals surface area contributed by atoms with E-state index in [2.05, 4.69) is 6.08 Å². The van der Waals surface area contributed by atoms with E-state index in [1.807, 2.05) is 6.08 Å². The monoisotopic (exact) mass is 346 g/mol. The summed E-state index contributed by atoms with van der Waals surface area (Å²) in [6.07, 6.45) is -7.33. The third-order valence-electron chi connectivity index (χ3n) is 4.72. The van der Waals surface area contributed by atoms with Crippen LogP contribution in [0.2, 0.25) is 0 Å². The highest BCUT2D eigenvalue weighted by atomic mass is 19.4. The summed E-state index contributed by atoms with van der Waals surface area (Å²) in [5.74, 6) is 0.813. The zero-order chi connectivity index (χ0) is 17.7. The Balaban J connectivity index is 2.02. The summed E-state index contributed by atoms with van der Waals surface area (Å²) < 4.78 is 81.9. The quantitative estimate of drug-likeness (QED) is 0.596.